The Labute approximate surface area is 154 Å². The normalized spacial score (nSPS) is 21.2. The highest BCUT2D eigenvalue weighted by Crippen LogP contribution is 2.25. The van der Waals surface area contributed by atoms with Crippen molar-refractivity contribution >= 4 is 29.3 Å². The Hall–Kier alpha value is -1.50. The van der Waals surface area contributed by atoms with Gasteiger partial charge in [0.05, 0.1) is 0 Å². The SMILES string of the molecule is CCCC(=O)NCC1CCCN(c2cc(N3CCSCC3)ncn2)C1. The molecule has 138 valence electrons. The molecule has 3 rings (SSSR count). The minimum absolute atomic E-state index is 0.173. The molecule has 7 heteroatoms. The van der Waals surface area contributed by atoms with Crippen molar-refractivity contribution in [3.05, 3.63) is 12.4 Å². The van der Waals surface area contributed by atoms with E-state index >= 15 is 0 Å². The first-order valence-corrected chi connectivity index (χ1v) is 10.6. The second-order valence-electron chi connectivity index (χ2n) is 6.84. The lowest BCUT2D eigenvalue weighted by Gasteiger charge is -2.34. The first-order valence-electron chi connectivity index (χ1n) is 9.42. The first-order chi connectivity index (χ1) is 12.3. The second-order valence-corrected chi connectivity index (χ2v) is 8.07. The van der Waals surface area contributed by atoms with E-state index < -0.39 is 0 Å². The van der Waals surface area contributed by atoms with E-state index in [0.29, 0.717) is 12.3 Å². The number of nitrogens with one attached hydrogen (secondary N) is 1. The van der Waals surface area contributed by atoms with Gasteiger partial charge in [0.25, 0.3) is 0 Å². The van der Waals surface area contributed by atoms with Crippen LogP contribution in [-0.2, 0) is 4.79 Å². The van der Waals surface area contributed by atoms with Crippen LogP contribution >= 0.6 is 11.8 Å². The molecule has 2 aliphatic rings. The van der Waals surface area contributed by atoms with Crippen molar-refractivity contribution in [2.75, 3.05) is 54.0 Å². The van der Waals surface area contributed by atoms with Gasteiger partial charge in [-0.05, 0) is 25.2 Å². The highest BCUT2D eigenvalue weighted by Gasteiger charge is 2.22. The Morgan fingerprint density at radius 1 is 1.24 bits per heavy atom. The molecule has 2 aliphatic heterocycles. The predicted molar refractivity (Wildman–Crippen MR) is 104 cm³/mol. The van der Waals surface area contributed by atoms with Crippen LogP contribution in [-0.4, -0.2) is 60.1 Å². The maximum atomic E-state index is 11.7. The van der Waals surface area contributed by atoms with Crippen molar-refractivity contribution in [3.8, 4) is 0 Å². The van der Waals surface area contributed by atoms with E-state index in [1.54, 1.807) is 6.33 Å². The molecule has 1 unspecified atom stereocenters. The van der Waals surface area contributed by atoms with Crippen LogP contribution in [0, 0.1) is 5.92 Å². The molecule has 0 aliphatic carbocycles. The number of piperidine rings is 1. The summed E-state index contributed by atoms with van der Waals surface area (Å²) >= 11 is 2.01. The summed E-state index contributed by atoms with van der Waals surface area (Å²) in [4.78, 5) is 25.4. The summed E-state index contributed by atoms with van der Waals surface area (Å²) < 4.78 is 0. The number of carbonyl (C=O) groups excluding carboxylic acids is 1. The Bertz CT molecular complexity index is 564. The number of nitrogens with zero attached hydrogens (tertiary/aromatic N) is 4. The lowest BCUT2D eigenvalue weighted by Crippen LogP contribution is -2.41. The standard InChI is InChI=1S/C18H29N5OS/c1-2-4-18(24)19-12-15-5-3-6-23(13-15)17-11-16(20-14-21-17)22-7-9-25-10-8-22/h11,14-15H,2-10,12-13H2,1H3,(H,19,24). The van der Waals surface area contributed by atoms with E-state index in [0.717, 1.165) is 57.2 Å². The largest absolute Gasteiger partial charge is 0.356 e. The molecule has 1 amide bonds. The zero-order valence-electron chi connectivity index (χ0n) is 15.1. The van der Waals surface area contributed by atoms with Gasteiger partial charge >= 0.3 is 0 Å². The molecule has 2 saturated heterocycles. The zero-order valence-corrected chi connectivity index (χ0v) is 15.9. The topological polar surface area (TPSA) is 61.4 Å². The van der Waals surface area contributed by atoms with E-state index in [1.807, 2.05) is 18.7 Å². The molecular weight excluding hydrogens is 334 g/mol. The van der Waals surface area contributed by atoms with Crippen LogP contribution < -0.4 is 15.1 Å². The molecule has 25 heavy (non-hydrogen) atoms. The molecule has 6 nitrogen and oxygen atoms in total. The van der Waals surface area contributed by atoms with Crippen LogP contribution in [0.3, 0.4) is 0 Å². The average Bonchev–Trinajstić information content (AvgIpc) is 2.68. The van der Waals surface area contributed by atoms with E-state index in [9.17, 15) is 4.79 Å². The molecule has 2 fully saturated rings. The monoisotopic (exact) mass is 363 g/mol. The number of rotatable bonds is 6. The third-order valence-corrected chi connectivity index (χ3v) is 5.82. The van der Waals surface area contributed by atoms with Crippen LogP contribution in [0.2, 0.25) is 0 Å². The highest BCUT2D eigenvalue weighted by atomic mass is 32.2. The molecule has 3 heterocycles. The third kappa shape index (κ3) is 5.23. The highest BCUT2D eigenvalue weighted by molar-refractivity contribution is 7.99. The Morgan fingerprint density at radius 3 is 2.76 bits per heavy atom. The summed E-state index contributed by atoms with van der Waals surface area (Å²) in [6.45, 7) is 6.93. The lowest BCUT2D eigenvalue weighted by atomic mass is 9.98. The zero-order chi connectivity index (χ0) is 17.5. The minimum atomic E-state index is 0.173. The average molecular weight is 364 g/mol. The molecule has 0 aromatic carbocycles. The smallest absolute Gasteiger partial charge is 0.219 e. The molecule has 1 aromatic rings. The molecule has 0 radical (unpaired) electrons. The van der Waals surface area contributed by atoms with E-state index in [1.165, 1.54) is 17.9 Å². The second kappa shape index (κ2) is 9.27. The van der Waals surface area contributed by atoms with E-state index in [-0.39, 0.29) is 5.91 Å². The molecule has 1 N–H and O–H groups in total. The molecule has 0 bridgehead atoms. The van der Waals surface area contributed by atoms with E-state index in [4.69, 9.17) is 0 Å². The van der Waals surface area contributed by atoms with E-state index in [2.05, 4.69) is 31.2 Å². The third-order valence-electron chi connectivity index (χ3n) is 4.88. The van der Waals surface area contributed by atoms with Crippen LogP contribution in [0.1, 0.15) is 32.6 Å². The van der Waals surface area contributed by atoms with Crippen LogP contribution in [0.25, 0.3) is 0 Å². The summed E-state index contributed by atoms with van der Waals surface area (Å²) in [7, 11) is 0. The summed E-state index contributed by atoms with van der Waals surface area (Å²) in [6, 6.07) is 2.13. The quantitative estimate of drug-likeness (QED) is 0.836. The molecular formula is C18H29N5OS. The fourth-order valence-electron chi connectivity index (χ4n) is 3.49. The Balaban J connectivity index is 1.58. The number of aromatic nitrogens is 2. The molecule has 0 saturated carbocycles. The van der Waals surface area contributed by atoms with Gasteiger partial charge in [-0.25, -0.2) is 9.97 Å². The number of thioether (sulfide) groups is 1. The number of hydrogen-bond acceptors (Lipinski definition) is 6. The number of hydrogen-bond donors (Lipinski definition) is 1. The van der Waals surface area contributed by atoms with Gasteiger partial charge in [-0.3, -0.25) is 4.79 Å². The summed E-state index contributed by atoms with van der Waals surface area (Å²) in [5.41, 5.74) is 0. The minimum Gasteiger partial charge on any atom is -0.356 e. The van der Waals surface area contributed by atoms with Crippen molar-refractivity contribution in [1.82, 2.24) is 15.3 Å². The van der Waals surface area contributed by atoms with Crippen molar-refractivity contribution < 1.29 is 4.79 Å². The van der Waals surface area contributed by atoms with Gasteiger partial charge in [0.15, 0.2) is 0 Å². The van der Waals surface area contributed by atoms with Gasteiger partial charge < -0.3 is 15.1 Å². The van der Waals surface area contributed by atoms with Gasteiger partial charge in [0.1, 0.15) is 18.0 Å². The first kappa shape index (κ1) is 18.3. The summed E-state index contributed by atoms with van der Waals surface area (Å²) in [5, 5.41) is 3.08. The number of carbonyl (C=O) groups is 1. The number of amides is 1. The van der Waals surface area contributed by atoms with Crippen LogP contribution in [0.5, 0.6) is 0 Å². The fraction of sp³-hybridized carbons (Fsp3) is 0.722. The van der Waals surface area contributed by atoms with Gasteiger partial charge in [-0.1, -0.05) is 6.92 Å². The fourth-order valence-corrected chi connectivity index (χ4v) is 4.39. The van der Waals surface area contributed by atoms with Crippen molar-refractivity contribution in [3.63, 3.8) is 0 Å². The van der Waals surface area contributed by atoms with Gasteiger partial charge in [0.2, 0.25) is 5.91 Å². The van der Waals surface area contributed by atoms with Gasteiger partial charge in [0, 0.05) is 56.7 Å². The Morgan fingerprint density at radius 2 is 2.00 bits per heavy atom. The van der Waals surface area contributed by atoms with Gasteiger partial charge in [-0.2, -0.15) is 11.8 Å². The molecule has 0 spiro atoms. The molecule has 1 atom stereocenters. The molecule has 1 aromatic heterocycles. The Kier molecular flexibility index (Phi) is 6.78. The van der Waals surface area contributed by atoms with Crippen molar-refractivity contribution in [1.29, 1.82) is 0 Å². The lowest BCUT2D eigenvalue weighted by molar-refractivity contribution is -0.121. The summed E-state index contributed by atoms with van der Waals surface area (Å²) in [5.74, 6) is 5.08. The van der Waals surface area contributed by atoms with Crippen molar-refractivity contribution in [2.24, 2.45) is 5.92 Å². The maximum Gasteiger partial charge on any atom is 0.219 e. The van der Waals surface area contributed by atoms with Gasteiger partial charge in [-0.15, -0.1) is 0 Å². The maximum absolute atomic E-state index is 11.7. The van der Waals surface area contributed by atoms with Crippen LogP contribution in [0.15, 0.2) is 12.4 Å². The predicted octanol–water partition coefficient (Wildman–Crippen LogP) is 2.16. The summed E-state index contributed by atoms with van der Waals surface area (Å²) in [6.07, 6.45) is 5.54. The van der Waals surface area contributed by atoms with Crippen LogP contribution in [0.4, 0.5) is 11.6 Å². The van der Waals surface area contributed by atoms with Crippen molar-refractivity contribution in [2.45, 2.75) is 32.6 Å². The number of anilines is 2.